The summed E-state index contributed by atoms with van der Waals surface area (Å²) in [5.41, 5.74) is 3.05. The zero-order valence-electron chi connectivity index (χ0n) is 14.5. The van der Waals surface area contributed by atoms with Gasteiger partial charge in [0.15, 0.2) is 0 Å². The molecule has 6 nitrogen and oxygen atoms in total. The Balaban J connectivity index is 1.54. The van der Waals surface area contributed by atoms with Crippen LogP contribution in [0.3, 0.4) is 0 Å². The maximum absolute atomic E-state index is 12.5. The van der Waals surface area contributed by atoms with Gasteiger partial charge in [-0.1, -0.05) is 30.3 Å². The summed E-state index contributed by atoms with van der Waals surface area (Å²) >= 11 is 0. The molecule has 0 aliphatic carbocycles. The normalized spacial score (nSPS) is 10.8. The van der Waals surface area contributed by atoms with Gasteiger partial charge in [0, 0.05) is 11.3 Å². The number of aromatic nitrogens is 4. The highest BCUT2D eigenvalue weighted by Crippen LogP contribution is 2.17. The lowest BCUT2D eigenvalue weighted by atomic mass is 10.1. The largest absolute Gasteiger partial charge is 0.319 e. The van der Waals surface area contributed by atoms with Crippen molar-refractivity contribution in [2.75, 3.05) is 5.32 Å². The molecule has 26 heavy (non-hydrogen) atoms. The van der Waals surface area contributed by atoms with Crippen molar-refractivity contribution in [3.63, 3.8) is 0 Å². The summed E-state index contributed by atoms with van der Waals surface area (Å²) in [5.74, 6) is 0.327. The number of carbonyl (C=O) groups is 1. The Labute approximate surface area is 150 Å². The zero-order chi connectivity index (χ0) is 18.1. The first-order valence-electron chi connectivity index (χ1n) is 8.25. The SMILES string of the molecule is Cc1ncn(-c2ncc(NC(=O)c3ccc4ccccc4c3)cn2)c1C. The van der Waals surface area contributed by atoms with Crippen LogP contribution in [0.5, 0.6) is 0 Å². The summed E-state index contributed by atoms with van der Waals surface area (Å²) in [6.07, 6.45) is 4.87. The van der Waals surface area contributed by atoms with E-state index in [1.807, 2.05) is 60.9 Å². The van der Waals surface area contributed by atoms with Crippen molar-refractivity contribution in [3.8, 4) is 5.95 Å². The minimum Gasteiger partial charge on any atom is -0.319 e. The highest BCUT2D eigenvalue weighted by atomic mass is 16.1. The van der Waals surface area contributed by atoms with Gasteiger partial charge in [-0.05, 0) is 36.8 Å². The van der Waals surface area contributed by atoms with Crippen molar-refractivity contribution in [1.82, 2.24) is 19.5 Å². The van der Waals surface area contributed by atoms with Crippen molar-refractivity contribution in [1.29, 1.82) is 0 Å². The number of nitrogens with one attached hydrogen (secondary N) is 1. The van der Waals surface area contributed by atoms with Crippen LogP contribution in [0.15, 0.2) is 61.2 Å². The van der Waals surface area contributed by atoms with Crippen LogP contribution >= 0.6 is 0 Å². The van der Waals surface area contributed by atoms with Crippen LogP contribution in [0.1, 0.15) is 21.7 Å². The monoisotopic (exact) mass is 343 g/mol. The fraction of sp³-hybridized carbons (Fsp3) is 0.100. The molecule has 0 unspecified atom stereocenters. The third kappa shape index (κ3) is 2.93. The molecule has 0 aliphatic heterocycles. The van der Waals surface area contributed by atoms with E-state index in [0.29, 0.717) is 17.2 Å². The molecular weight excluding hydrogens is 326 g/mol. The number of carbonyl (C=O) groups excluding carboxylic acids is 1. The second kappa shape index (κ2) is 6.40. The first kappa shape index (κ1) is 16.0. The Morgan fingerprint density at radius 2 is 1.69 bits per heavy atom. The second-order valence-electron chi connectivity index (χ2n) is 6.07. The van der Waals surface area contributed by atoms with Crippen molar-refractivity contribution in [2.45, 2.75) is 13.8 Å². The lowest BCUT2D eigenvalue weighted by Crippen LogP contribution is -2.13. The number of nitrogens with zero attached hydrogens (tertiary/aromatic N) is 4. The van der Waals surface area contributed by atoms with Crippen molar-refractivity contribution in [2.24, 2.45) is 0 Å². The Hall–Kier alpha value is -3.54. The smallest absolute Gasteiger partial charge is 0.255 e. The van der Waals surface area contributed by atoms with Gasteiger partial charge < -0.3 is 5.32 Å². The average molecular weight is 343 g/mol. The van der Waals surface area contributed by atoms with Crippen LogP contribution in [0.2, 0.25) is 0 Å². The molecule has 0 fully saturated rings. The van der Waals surface area contributed by atoms with Crippen molar-refractivity contribution in [3.05, 3.63) is 78.1 Å². The Kier molecular flexibility index (Phi) is 3.93. The minimum atomic E-state index is -0.193. The molecule has 2 aromatic heterocycles. The maximum atomic E-state index is 12.5. The summed E-state index contributed by atoms with van der Waals surface area (Å²) in [6.45, 7) is 3.89. The van der Waals surface area contributed by atoms with Gasteiger partial charge in [-0.2, -0.15) is 0 Å². The number of aryl methyl sites for hydroxylation is 1. The van der Waals surface area contributed by atoms with E-state index in [2.05, 4.69) is 20.3 Å². The third-order valence-electron chi connectivity index (χ3n) is 4.38. The number of imidazole rings is 1. The fourth-order valence-corrected chi connectivity index (χ4v) is 2.74. The number of fused-ring (bicyclic) bond motifs is 1. The van der Waals surface area contributed by atoms with Gasteiger partial charge in [0.1, 0.15) is 6.33 Å². The average Bonchev–Trinajstić information content (AvgIpc) is 3.01. The van der Waals surface area contributed by atoms with Gasteiger partial charge >= 0.3 is 0 Å². The Bertz CT molecular complexity index is 1100. The lowest BCUT2D eigenvalue weighted by molar-refractivity contribution is 0.102. The molecule has 2 aromatic carbocycles. The molecule has 0 saturated carbocycles. The number of amides is 1. The van der Waals surface area contributed by atoms with Gasteiger partial charge in [-0.25, -0.2) is 15.0 Å². The number of hydrogen-bond donors (Lipinski definition) is 1. The molecule has 128 valence electrons. The molecule has 0 bridgehead atoms. The molecule has 4 rings (SSSR count). The van der Waals surface area contributed by atoms with Gasteiger partial charge in [-0.3, -0.25) is 9.36 Å². The highest BCUT2D eigenvalue weighted by molar-refractivity contribution is 6.06. The first-order valence-corrected chi connectivity index (χ1v) is 8.25. The molecule has 0 saturated heterocycles. The minimum absolute atomic E-state index is 0.193. The molecule has 2 heterocycles. The number of benzene rings is 2. The third-order valence-corrected chi connectivity index (χ3v) is 4.38. The molecule has 1 amide bonds. The van der Waals surface area contributed by atoms with E-state index in [1.54, 1.807) is 18.7 Å². The summed E-state index contributed by atoms with van der Waals surface area (Å²) in [7, 11) is 0. The van der Waals surface area contributed by atoms with E-state index in [4.69, 9.17) is 0 Å². The summed E-state index contributed by atoms with van der Waals surface area (Å²) in [6, 6.07) is 13.6. The molecule has 1 N–H and O–H groups in total. The van der Waals surface area contributed by atoms with E-state index in [9.17, 15) is 4.79 Å². The molecule has 0 spiro atoms. The Morgan fingerprint density at radius 1 is 0.962 bits per heavy atom. The number of hydrogen-bond acceptors (Lipinski definition) is 4. The maximum Gasteiger partial charge on any atom is 0.255 e. The summed E-state index contributed by atoms with van der Waals surface area (Å²) in [5, 5.41) is 4.96. The molecular formula is C20H17N5O. The second-order valence-corrected chi connectivity index (χ2v) is 6.07. The van der Waals surface area contributed by atoms with E-state index in [0.717, 1.165) is 22.2 Å². The van der Waals surface area contributed by atoms with Crippen molar-refractivity contribution >= 4 is 22.4 Å². The topological polar surface area (TPSA) is 72.7 Å². The lowest BCUT2D eigenvalue weighted by Gasteiger charge is -2.07. The van der Waals surface area contributed by atoms with E-state index in [-0.39, 0.29) is 5.91 Å². The van der Waals surface area contributed by atoms with Crippen LogP contribution in [0, 0.1) is 13.8 Å². The van der Waals surface area contributed by atoms with Gasteiger partial charge in [0.05, 0.1) is 23.8 Å². The molecule has 0 aliphatic rings. The predicted octanol–water partition coefficient (Wildman–Crippen LogP) is 3.68. The quantitative estimate of drug-likeness (QED) is 0.616. The first-order chi connectivity index (χ1) is 12.6. The number of anilines is 1. The summed E-state index contributed by atoms with van der Waals surface area (Å²) in [4.78, 5) is 25.4. The summed E-state index contributed by atoms with van der Waals surface area (Å²) < 4.78 is 1.81. The molecule has 0 radical (unpaired) electrons. The van der Waals surface area contributed by atoms with Gasteiger partial charge in [0.2, 0.25) is 5.95 Å². The standard InChI is InChI=1S/C20H17N5O/c1-13-14(2)25(12-23-13)20-21-10-18(11-22-20)24-19(26)17-8-7-15-5-3-4-6-16(15)9-17/h3-12H,1-2H3,(H,24,26). The van der Waals surface area contributed by atoms with Crippen LogP contribution in [-0.4, -0.2) is 25.4 Å². The van der Waals surface area contributed by atoms with Crippen LogP contribution in [0.25, 0.3) is 16.7 Å². The number of rotatable bonds is 3. The zero-order valence-corrected chi connectivity index (χ0v) is 14.5. The van der Waals surface area contributed by atoms with Gasteiger partial charge in [0.25, 0.3) is 5.91 Å². The van der Waals surface area contributed by atoms with Crippen LogP contribution in [-0.2, 0) is 0 Å². The van der Waals surface area contributed by atoms with Crippen molar-refractivity contribution < 1.29 is 4.79 Å². The Morgan fingerprint density at radius 3 is 2.38 bits per heavy atom. The fourth-order valence-electron chi connectivity index (χ4n) is 2.74. The van der Waals surface area contributed by atoms with E-state index < -0.39 is 0 Å². The van der Waals surface area contributed by atoms with Crippen LogP contribution in [0.4, 0.5) is 5.69 Å². The van der Waals surface area contributed by atoms with Gasteiger partial charge in [-0.15, -0.1) is 0 Å². The van der Waals surface area contributed by atoms with E-state index >= 15 is 0 Å². The molecule has 0 atom stereocenters. The predicted molar refractivity (Wildman–Crippen MR) is 101 cm³/mol. The molecule has 4 aromatic rings. The van der Waals surface area contributed by atoms with E-state index in [1.165, 1.54) is 0 Å². The highest BCUT2D eigenvalue weighted by Gasteiger charge is 2.10. The van der Waals surface area contributed by atoms with Crippen LogP contribution < -0.4 is 5.32 Å². The molecule has 6 heteroatoms.